The van der Waals surface area contributed by atoms with Gasteiger partial charge in [0.25, 0.3) is 5.56 Å². The molecule has 0 spiro atoms. The predicted molar refractivity (Wildman–Crippen MR) is 236 cm³/mol. The molecule has 1 aliphatic heterocycles. The van der Waals surface area contributed by atoms with E-state index in [4.69, 9.17) is 14.7 Å². The van der Waals surface area contributed by atoms with E-state index in [0.717, 1.165) is 59.8 Å². The summed E-state index contributed by atoms with van der Waals surface area (Å²) in [5, 5.41) is 15.0. The minimum absolute atomic E-state index is 0.0389. The average Bonchev–Trinajstić information content (AvgIpc) is 4.11. The Hall–Kier alpha value is -8.05. The van der Waals surface area contributed by atoms with Gasteiger partial charge in [-0.05, 0) is 61.0 Å². The molecular weight excluding hydrogens is 788 g/mol. The lowest BCUT2D eigenvalue weighted by atomic mass is 10.1. The molecule has 16 nitrogen and oxygen atoms in total. The monoisotopic (exact) mass is 826 g/mol. The van der Waals surface area contributed by atoms with Crippen molar-refractivity contribution in [3.05, 3.63) is 150 Å². The van der Waals surface area contributed by atoms with Gasteiger partial charge in [-0.3, -0.25) is 14.5 Å². The van der Waals surface area contributed by atoms with Crippen LogP contribution in [0.2, 0.25) is 0 Å². The van der Waals surface area contributed by atoms with Crippen molar-refractivity contribution in [2.75, 3.05) is 41.8 Å². The maximum atomic E-state index is 14.5. The maximum absolute atomic E-state index is 14.5. The minimum Gasteiger partial charge on any atom is -0.378 e. The standard InChI is InChI=1S/C23H21N7O.C22H18FN7O/c1-2-17-14-25-28-20(17)13-16(1)21-15-30-8-7-24-23(30)22(27-21)26-18-3-5-19(6-4-18)29-9-11-31-12-10-29;1-2-15(28-20-18-19(25-11-24-18)26-12-27-20)21-29-16-10-6-9-14(23)17(16)22(31)30(21)13-7-4-3-5-8-13/h1-8,13-15H,9-12H2,(H,25,28)(H,26,27);3-12,15H,2H2,1H3,(H2,24,25,26,27,28)/t;15-/m.0/s1. The summed E-state index contributed by atoms with van der Waals surface area (Å²) in [5.74, 6) is 1.12. The van der Waals surface area contributed by atoms with E-state index in [0.29, 0.717) is 46.2 Å². The van der Waals surface area contributed by atoms with E-state index in [9.17, 15) is 9.18 Å². The molecular formula is C45H39FN14O2. The van der Waals surface area contributed by atoms with Gasteiger partial charge in [0.15, 0.2) is 22.9 Å². The van der Waals surface area contributed by atoms with Crippen molar-refractivity contribution in [3.8, 4) is 16.9 Å². The third-order valence-electron chi connectivity index (χ3n) is 10.8. The Balaban J connectivity index is 0.000000148. The summed E-state index contributed by atoms with van der Waals surface area (Å²) in [6.45, 7) is 5.37. The van der Waals surface area contributed by atoms with E-state index in [1.165, 1.54) is 22.6 Å². The van der Waals surface area contributed by atoms with Gasteiger partial charge in [-0.25, -0.2) is 34.3 Å². The second-order valence-electron chi connectivity index (χ2n) is 14.6. The topological polar surface area (TPSA) is 185 Å². The summed E-state index contributed by atoms with van der Waals surface area (Å²) >= 11 is 0. The quantitative estimate of drug-likeness (QED) is 0.112. The Kier molecular flexibility index (Phi) is 10.2. The molecule has 1 fully saturated rings. The SMILES string of the molecule is CC[C@H](Nc1ncnc2nc[nH]c12)c1nc2cccc(F)c2c(=O)n1-c1ccccc1.c1cn2cc(-c3ccc4cn[nH]c4c3)nc(Nc3ccc(N4CCOCC4)cc3)c2n1. The number of morpholine rings is 1. The Morgan fingerprint density at radius 2 is 1.74 bits per heavy atom. The van der Waals surface area contributed by atoms with Crippen molar-refractivity contribution < 1.29 is 9.13 Å². The van der Waals surface area contributed by atoms with Crippen LogP contribution in [0, 0.1) is 5.82 Å². The van der Waals surface area contributed by atoms with Crippen molar-refractivity contribution in [1.29, 1.82) is 0 Å². The first kappa shape index (κ1) is 38.2. The van der Waals surface area contributed by atoms with Crippen molar-refractivity contribution in [3.63, 3.8) is 0 Å². The number of halogens is 1. The lowest BCUT2D eigenvalue weighted by Crippen LogP contribution is -2.36. The summed E-state index contributed by atoms with van der Waals surface area (Å²) in [7, 11) is 0. The van der Waals surface area contributed by atoms with Gasteiger partial charge in [-0.15, -0.1) is 0 Å². The van der Waals surface area contributed by atoms with Crippen LogP contribution in [0.3, 0.4) is 0 Å². The number of nitrogens with one attached hydrogen (secondary N) is 4. The number of benzene rings is 4. The predicted octanol–water partition coefficient (Wildman–Crippen LogP) is 7.61. The van der Waals surface area contributed by atoms with Crippen molar-refractivity contribution >= 4 is 61.6 Å². The number of hydrogen-bond donors (Lipinski definition) is 4. The van der Waals surface area contributed by atoms with Gasteiger partial charge in [0.05, 0.1) is 54.2 Å². The smallest absolute Gasteiger partial charge is 0.269 e. The van der Waals surface area contributed by atoms with Crippen molar-refractivity contribution in [2.45, 2.75) is 19.4 Å². The molecule has 308 valence electrons. The summed E-state index contributed by atoms with van der Waals surface area (Å²) in [6.07, 6.45) is 11.1. The molecule has 0 unspecified atom stereocenters. The zero-order valence-electron chi connectivity index (χ0n) is 33.4. The minimum atomic E-state index is -0.595. The summed E-state index contributed by atoms with van der Waals surface area (Å²) in [5.41, 5.74) is 7.44. The van der Waals surface area contributed by atoms with E-state index in [1.54, 1.807) is 36.8 Å². The van der Waals surface area contributed by atoms with Gasteiger partial charge in [-0.1, -0.05) is 43.3 Å². The number of hydrogen-bond acceptors (Lipinski definition) is 12. The Morgan fingerprint density at radius 1 is 0.887 bits per heavy atom. The number of imidazole rings is 2. The van der Waals surface area contributed by atoms with E-state index in [-0.39, 0.29) is 11.4 Å². The average molecular weight is 827 g/mol. The van der Waals surface area contributed by atoms with Gasteiger partial charge in [0, 0.05) is 54.0 Å². The molecule has 0 bridgehead atoms. The number of aromatic nitrogens is 11. The number of anilines is 4. The molecule has 4 aromatic carbocycles. The Labute approximate surface area is 352 Å². The van der Waals surface area contributed by atoms with Crippen LogP contribution in [0.15, 0.2) is 133 Å². The first-order chi connectivity index (χ1) is 30.5. The number of para-hydroxylation sites is 1. The number of rotatable bonds is 9. The highest BCUT2D eigenvalue weighted by atomic mass is 19.1. The van der Waals surface area contributed by atoms with Crippen LogP contribution in [-0.4, -0.2) is 80.4 Å². The van der Waals surface area contributed by atoms with Crippen molar-refractivity contribution in [1.82, 2.24) is 54.1 Å². The molecule has 1 saturated heterocycles. The molecule has 0 amide bonds. The van der Waals surface area contributed by atoms with E-state index < -0.39 is 11.4 Å². The van der Waals surface area contributed by atoms with E-state index in [2.05, 4.69) is 87.0 Å². The third kappa shape index (κ3) is 7.41. The molecule has 10 aromatic rings. The molecule has 7 heterocycles. The Bertz CT molecular complexity index is 3230. The van der Waals surface area contributed by atoms with E-state index in [1.807, 2.05) is 54.2 Å². The second kappa shape index (κ2) is 16.5. The number of nitrogens with zero attached hydrogens (tertiary/aromatic N) is 10. The fraction of sp³-hybridized carbons (Fsp3) is 0.156. The van der Waals surface area contributed by atoms with Crippen LogP contribution < -0.4 is 21.1 Å². The molecule has 1 atom stereocenters. The van der Waals surface area contributed by atoms with Crippen LogP contribution in [0.25, 0.3) is 55.6 Å². The molecule has 4 N–H and O–H groups in total. The first-order valence-electron chi connectivity index (χ1n) is 20.1. The normalized spacial score (nSPS) is 13.4. The number of fused-ring (bicyclic) bond motifs is 4. The van der Waals surface area contributed by atoms with Crippen LogP contribution in [0.4, 0.5) is 27.4 Å². The number of ether oxygens (including phenoxy) is 1. The molecule has 6 aromatic heterocycles. The lowest BCUT2D eigenvalue weighted by molar-refractivity contribution is 0.122. The highest BCUT2D eigenvalue weighted by molar-refractivity contribution is 5.84. The number of H-pyrrole nitrogens is 2. The van der Waals surface area contributed by atoms with Gasteiger partial charge in [-0.2, -0.15) is 5.10 Å². The fourth-order valence-corrected chi connectivity index (χ4v) is 7.62. The van der Waals surface area contributed by atoms with Gasteiger partial charge in [0.1, 0.15) is 28.9 Å². The van der Waals surface area contributed by atoms with Crippen LogP contribution in [0.1, 0.15) is 25.2 Å². The van der Waals surface area contributed by atoms with Gasteiger partial charge < -0.3 is 29.7 Å². The second-order valence-corrected chi connectivity index (χ2v) is 14.6. The highest BCUT2D eigenvalue weighted by Crippen LogP contribution is 2.29. The summed E-state index contributed by atoms with van der Waals surface area (Å²) < 4.78 is 23.4. The molecule has 17 heteroatoms. The zero-order chi connectivity index (χ0) is 42.0. The highest BCUT2D eigenvalue weighted by Gasteiger charge is 2.23. The lowest BCUT2D eigenvalue weighted by Gasteiger charge is -2.28. The first-order valence-corrected chi connectivity index (χ1v) is 20.1. The summed E-state index contributed by atoms with van der Waals surface area (Å²) in [6, 6.07) is 27.8. The summed E-state index contributed by atoms with van der Waals surface area (Å²) in [4.78, 5) is 45.5. The van der Waals surface area contributed by atoms with Gasteiger partial charge >= 0.3 is 0 Å². The van der Waals surface area contributed by atoms with Crippen LogP contribution in [-0.2, 0) is 4.74 Å². The zero-order valence-corrected chi connectivity index (χ0v) is 33.4. The molecule has 0 saturated carbocycles. The van der Waals surface area contributed by atoms with Crippen molar-refractivity contribution in [2.24, 2.45) is 0 Å². The fourth-order valence-electron chi connectivity index (χ4n) is 7.62. The molecule has 0 aliphatic carbocycles. The van der Waals surface area contributed by atoms with Gasteiger partial charge in [0.2, 0.25) is 0 Å². The molecule has 11 rings (SSSR count). The molecule has 0 radical (unpaired) electrons. The largest absolute Gasteiger partial charge is 0.378 e. The maximum Gasteiger partial charge on any atom is 0.269 e. The Morgan fingerprint density at radius 3 is 2.58 bits per heavy atom. The van der Waals surface area contributed by atoms with Crippen LogP contribution >= 0.6 is 0 Å². The molecule has 62 heavy (non-hydrogen) atoms. The third-order valence-corrected chi connectivity index (χ3v) is 10.8. The van der Waals surface area contributed by atoms with Crippen LogP contribution in [0.5, 0.6) is 0 Å². The number of aromatic amines is 2. The van der Waals surface area contributed by atoms with E-state index >= 15 is 0 Å². The molecule has 1 aliphatic rings.